The van der Waals surface area contributed by atoms with Gasteiger partial charge in [-0.05, 0) is 6.92 Å². The lowest BCUT2D eigenvalue weighted by atomic mass is 10.3. The number of halogens is 1. The molecular weight excluding hydrogens is 264 g/mol. The van der Waals surface area contributed by atoms with E-state index in [1.165, 1.54) is 0 Å². The number of hydrogen-bond donors (Lipinski definition) is 1. The van der Waals surface area contributed by atoms with Crippen LogP contribution in [0.5, 0.6) is 0 Å². The Morgan fingerprint density at radius 3 is 3.07 bits per heavy atom. The first-order valence-electron chi connectivity index (χ1n) is 4.48. The third-order valence-corrected chi connectivity index (χ3v) is 2.28. The van der Waals surface area contributed by atoms with Gasteiger partial charge in [0, 0.05) is 19.7 Å². The van der Waals surface area contributed by atoms with Gasteiger partial charge >= 0.3 is 0 Å². The summed E-state index contributed by atoms with van der Waals surface area (Å²) >= 11 is 3.36. The maximum absolute atomic E-state index is 11.5. The minimum Gasteiger partial charge on any atom is -0.383 e. The van der Waals surface area contributed by atoms with Gasteiger partial charge < -0.3 is 14.6 Å². The van der Waals surface area contributed by atoms with Gasteiger partial charge in [0.05, 0.1) is 11.4 Å². The number of alkyl halides is 1. The molecule has 0 saturated carbocycles. The minimum absolute atomic E-state index is 0.0967. The van der Waals surface area contributed by atoms with Crippen LogP contribution in [-0.4, -0.2) is 36.2 Å². The molecule has 1 amide bonds. The van der Waals surface area contributed by atoms with Crippen molar-refractivity contribution in [2.75, 3.05) is 20.3 Å². The fraction of sp³-hybridized carbons (Fsp3) is 0.556. The Balaban J connectivity index is 2.36. The predicted molar refractivity (Wildman–Crippen MR) is 58.2 cm³/mol. The summed E-state index contributed by atoms with van der Waals surface area (Å²) in [5.41, 5.74) is 0.296. The van der Waals surface area contributed by atoms with Crippen molar-refractivity contribution in [3.8, 4) is 0 Å². The normalized spacial score (nSPS) is 12.5. The van der Waals surface area contributed by atoms with Crippen LogP contribution in [0.4, 0.5) is 0 Å². The topological polar surface area (TPSA) is 64.4 Å². The van der Waals surface area contributed by atoms with Gasteiger partial charge in [0.15, 0.2) is 5.69 Å². The van der Waals surface area contributed by atoms with Crippen LogP contribution >= 0.6 is 15.9 Å². The lowest BCUT2D eigenvalue weighted by Crippen LogP contribution is -2.31. The summed E-state index contributed by atoms with van der Waals surface area (Å²) in [6, 6.07) is 1.59. The van der Waals surface area contributed by atoms with Gasteiger partial charge in [-0.2, -0.15) is 0 Å². The van der Waals surface area contributed by atoms with E-state index in [1.54, 1.807) is 20.1 Å². The Bertz CT molecular complexity index is 327. The first-order chi connectivity index (χ1) is 7.13. The van der Waals surface area contributed by atoms with Crippen LogP contribution in [0.15, 0.2) is 10.6 Å². The summed E-state index contributed by atoms with van der Waals surface area (Å²) < 4.78 is 9.71. The summed E-state index contributed by atoms with van der Waals surface area (Å²) in [4.78, 5) is 11.6. The molecule has 0 radical (unpaired) electrons. The number of amides is 1. The van der Waals surface area contributed by atoms with Crippen molar-refractivity contribution in [3.63, 3.8) is 0 Å². The van der Waals surface area contributed by atoms with Crippen molar-refractivity contribution in [1.82, 2.24) is 10.5 Å². The summed E-state index contributed by atoms with van der Waals surface area (Å²) in [5.74, 6) is 0.375. The Hall–Kier alpha value is -0.880. The van der Waals surface area contributed by atoms with Crippen LogP contribution in [0.3, 0.4) is 0 Å². The number of nitrogens with one attached hydrogen (secondary N) is 1. The average Bonchev–Trinajstić information content (AvgIpc) is 2.62. The molecule has 0 aliphatic carbocycles. The SMILES string of the molecule is COCC(Br)CNC(=O)c1cc(C)on1. The van der Waals surface area contributed by atoms with Crippen LogP contribution in [0.1, 0.15) is 16.2 Å². The molecule has 0 saturated heterocycles. The fourth-order valence-corrected chi connectivity index (χ4v) is 1.43. The zero-order valence-electron chi connectivity index (χ0n) is 8.62. The van der Waals surface area contributed by atoms with Crippen molar-refractivity contribution in [2.24, 2.45) is 0 Å². The maximum Gasteiger partial charge on any atom is 0.273 e. The van der Waals surface area contributed by atoms with Gasteiger partial charge in [-0.15, -0.1) is 0 Å². The quantitative estimate of drug-likeness (QED) is 0.819. The number of aryl methyl sites for hydroxylation is 1. The Labute approximate surface area is 96.3 Å². The second-order valence-corrected chi connectivity index (χ2v) is 4.38. The number of nitrogens with zero attached hydrogens (tertiary/aromatic N) is 1. The lowest BCUT2D eigenvalue weighted by Gasteiger charge is -2.08. The van der Waals surface area contributed by atoms with E-state index in [9.17, 15) is 4.79 Å². The maximum atomic E-state index is 11.5. The molecule has 1 heterocycles. The number of aromatic nitrogens is 1. The standard InChI is InChI=1S/C9H13BrN2O3/c1-6-3-8(12-15-6)9(13)11-4-7(10)5-14-2/h3,7H,4-5H2,1-2H3,(H,11,13). The van der Waals surface area contributed by atoms with Gasteiger partial charge in [0.25, 0.3) is 5.91 Å². The van der Waals surface area contributed by atoms with Gasteiger partial charge in [-0.25, -0.2) is 0 Å². The first kappa shape index (κ1) is 12.2. The van der Waals surface area contributed by atoms with Crippen LogP contribution in [-0.2, 0) is 4.74 Å². The molecule has 1 rings (SSSR count). The molecule has 1 aromatic rings. The zero-order valence-corrected chi connectivity index (χ0v) is 10.2. The third-order valence-electron chi connectivity index (χ3n) is 1.69. The highest BCUT2D eigenvalue weighted by Crippen LogP contribution is 2.02. The number of ether oxygens (including phenoxy) is 1. The number of rotatable bonds is 5. The molecule has 0 aliphatic rings. The average molecular weight is 277 g/mol. The van der Waals surface area contributed by atoms with Gasteiger partial charge in [0.1, 0.15) is 5.76 Å². The molecule has 0 aliphatic heterocycles. The lowest BCUT2D eigenvalue weighted by molar-refractivity contribution is 0.0941. The molecule has 0 aromatic carbocycles. The molecular formula is C9H13BrN2O3. The van der Waals surface area contributed by atoms with Gasteiger partial charge in [0.2, 0.25) is 0 Å². The monoisotopic (exact) mass is 276 g/mol. The van der Waals surface area contributed by atoms with E-state index < -0.39 is 0 Å². The number of carbonyl (C=O) groups excluding carboxylic acids is 1. The van der Waals surface area contributed by atoms with Crippen LogP contribution < -0.4 is 5.32 Å². The molecule has 1 aromatic heterocycles. The number of carbonyl (C=O) groups is 1. The van der Waals surface area contributed by atoms with Gasteiger partial charge in [-0.3, -0.25) is 4.79 Å². The third kappa shape index (κ3) is 4.01. The highest BCUT2D eigenvalue weighted by atomic mass is 79.9. The second kappa shape index (κ2) is 5.87. The summed E-state index contributed by atoms with van der Waals surface area (Å²) in [6.45, 7) is 2.76. The van der Waals surface area contributed by atoms with Crippen LogP contribution in [0, 0.1) is 6.92 Å². The van der Waals surface area contributed by atoms with Crippen molar-refractivity contribution in [2.45, 2.75) is 11.8 Å². The smallest absolute Gasteiger partial charge is 0.273 e. The second-order valence-electron chi connectivity index (χ2n) is 3.09. The Morgan fingerprint density at radius 2 is 2.53 bits per heavy atom. The van der Waals surface area contributed by atoms with Crippen molar-refractivity contribution in [3.05, 3.63) is 17.5 Å². The number of methoxy groups -OCH3 is 1. The van der Waals surface area contributed by atoms with Crippen molar-refractivity contribution in [1.29, 1.82) is 0 Å². The summed E-state index contributed by atoms with van der Waals surface area (Å²) in [6.07, 6.45) is 0. The van der Waals surface area contributed by atoms with E-state index in [0.29, 0.717) is 24.6 Å². The molecule has 15 heavy (non-hydrogen) atoms. The fourth-order valence-electron chi connectivity index (χ4n) is 1.01. The van der Waals surface area contributed by atoms with E-state index in [-0.39, 0.29) is 10.7 Å². The first-order valence-corrected chi connectivity index (χ1v) is 5.39. The largest absolute Gasteiger partial charge is 0.383 e. The molecule has 1 N–H and O–H groups in total. The van der Waals surface area contributed by atoms with E-state index in [2.05, 4.69) is 26.4 Å². The summed E-state index contributed by atoms with van der Waals surface area (Å²) in [7, 11) is 1.61. The Kier molecular flexibility index (Phi) is 4.77. The van der Waals surface area contributed by atoms with Crippen LogP contribution in [0.2, 0.25) is 0 Å². The Morgan fingerprint density at radius 1 is 1.80 bits per heavy atom. The molecule has 0 spiro atoms. The molecule has 5 nitrogen and oxygen atoms in total. The van der Waals surface area contributed by atoms with E-state index in [1.807, 2.05) is 0 Å². The van der Waals surface area contributed by atoms with Crippen molar-refractivity contribution < 1.29 is 14.1 Å². The van der Waals surface area contributed by atoms with Crippen molar-refractivity contribution >= 4 is 21.8 Å². The highest BCUT2D eigenvalue weighted by Gasteiger charge is 2.12. The van der Waals surface area contributed by atoms with Gasteiger partial charge in [-0.1, -0.05) is 21.1 Å². The highest BCUT2D eigenvalue weighted by molar-refractivity contribution is 9.09. The molecule has 0 fully saturated rings. The van der Waals surface area contributed by atoms with E-state index in [4.69, 9.17) is 9.26 Å². The van der Waals surface area contributed by atoms with E-state index in [0.717, 1.165) is 0 Å². The number of hydrogen-bond acceptors (Lipinski definition) is 4. The minimum atomic E-state index is -0.243. The molecule has 1 unspecified atom stereocenters. The molecule has 84 valence electrons. The zero-order chi connectivity index (χ0) is 11.3. The van der Waals surface area contributed by atoms with E-state index >= 15 is 0 Å². The van der Waals surface area contributed by atoms with Crippen LogP contribution in [0.25, 0.3) is 0 Å². The molecule has 6 heteroatoms. The summed E-state index contributed by atoms with van der Waals surface area (Å²) in [5, 5.41) is 6.31. The predicted octanol–water partition coefficient (Wildman–Crippen LogP) is 1.12. The molecule has 0 bridgehead atoms. The molecule has 1 atom stereocenters.